The fourth-order valence-corrected chi connectivity index (χ4v) is 1.76. The Labute approximate surface area is 81.1 Å². The van der Waals surface area contributed by atoms with Crippen molar-refractivity contribution >= 4 is 5.91 Å². The molecular weight excluding hydrogens is 162 g/mol. The highest BCUT2D eigenvalue weighted by molar-refractivity contribution is 5.77. The van der Waals surface area contributed by atoms with E-state index in [-0.39, 0.29) is 11.8 Å². The van der Waals surface area contributed by atoms with Gasteiger partial charge in [-0.1, -0.05) is 27.7 Å². The third kappa shape index (κ3) is 3.02. The largest absolute Gasteiger partial charge is 0.356 e. The third-order valence-corrected chi connectivity index (χ3v) is 2.90. The molecule has 1 saturated carbocycles. The Morgan fingerprint density at radius 2 is 2.00 bits per heavy atom. The Morgan fingerprint density at radius 1 is 1.38 bits per heavy atom. The Balaban J connectivity index is 2.12. The predicted octanol–water partition coefficient (Wildman–Crippen LogP) is 2.05. The molecule has 0 aromatic rings. The van der Waals surface area contributed by atoms with Crippen molar-refractivity contribution in [2.45, 2.75) is 34.1 Å². The van der Waals surface area contributed by atoms with Crippen LogP contribution >= 0.6 is 0 Å². The van der Waals surface area contributed by atoms with Crippen molar-refractivity contribution in [3.8, 4) is 0 Å². The van der Waals surface area contributed by atoms with Crippen molar-refractivity contribution in [3.63, 3.8) is 0 Å². The molecule has 1 amide bonds. The van der Waals surface area contributed by atoms with E-state index < -0.39 is 0 Å². The van der Waals surface area contributed by atoms with E-state index in [0.29, 0.717) is 0 Å². The van der Waals surface area contributed by atoms with Gasteiger partial charge in [-0.05, 0) is 24.2 Å². The van der Waals surface area contributed by atoms with Crippen LogP contribution in [0.25, 0.3) is 0 Å². The third-order valence-electron chi connectivity index (χ3n) is 2.90. The molecule has 0 bridgehead atoms. The Kier molecular flexibility index (Phi) is 3.34. The molecule has 2 nitrogen and oxygen atoms in total. The van der Waals surface area contributed by atoms with Gasteiger partial charge in [0.1, 0.15) is 0 Å². The van der Waals surface area contributed by atoms with Crippen molar-refractivity contribution < 1.29 is 4.79 Å². The van der Waals surface area contributed by atoms with E-state index in [0.717, 1.165) is 24.3 Å². The summed E-state index contributed by atoms with van der Waals surface area (Å²) in [5.41, 5.74) is 0. The van der Waals surface area contributed by atoms with Crippen LogP contribution in [0.1, 0.15) is 34.1 Å². The summed E-state index contributed by atoms with van der Waals surface area (Å²) in [5.74, 6) is 2.70. The van der Waals surface area contributed by atoms with Gasteiger partial charge in [-0.3, -0.25) is 4.79 Å². The molecule has 1 fully saturated rings. The van der Waals surface area contributed by atoms with Crippen LogP contribution in [-0.2, 0) is 4.79 Å². The zero-order valence-corrected chi connectivity index (χ0v) is 9.13. The second-order valence-electron chi connectivity index (χ2n) is 4.80. The molecule has 0 saturated heterocycles. The zero-order chi connectivity index (χ0) is 10.0. The maximum absolute atomic E-state index is 11.2. The monoisotopic (exact) mass is 183 g/mol. The number of carbonyl (C=O) groups excluding carboxylic acids is 1. The number of amides is 1. The summed E-state index contributed by atoms with van der Waals surface area (Å²) in [7, 11) is 0. The number of hydrogen-bond donors (Lipinski definition) is 1. The van der Waals surface area contributed by atoms with Gasteiger partial charge in [0.25, 0.3) is 0 Å². The van der Waals surface area contributed by atoms with Gasteiger partial charge in [0.2, 0.25) is 5.91 Å². The maximum Gasteiger partial charge on any atom is 0.222 e. The quantitative estimate of drug-likeness (QED) is 0.710. The summed E-state index contributed by atoms with van der Waals surface area (Å²) in [6.07, 6.45) is 1.30. The second-order valence-corrected chi connectivity index (χ2v) is 4.80. The molecule has 1 aliphatic carbocycles. The number of hydrogen-bond acceptors (Lipinski definition) is 1. The highest BCUT2D eigenvalue weighted by Crippen LogP contribution is 2.43. The van der Waals surface area contributed by atoms with Crippen LogP contribution < -0.4 is 5.32 Å². The SMILES string of the molecule is CC(C)C(=O)NCC1CC1C(C)C. The molecule has 2 heteroatoms. The van der Waals surface area contributed by atoms with Crippen LogP contribution in [0.2, 0.25) is 0 Å². The minimum Gasteiger partial charge on any atom is -0.356 e. The lowest BCUT2D eigenvalue weighted by Gasteiger charge is -2.07. The molecule has 0 aromatic carbocycles. The first-order valence-corrected chi connectivity index (χ1v) is 5.30. The van der Waals surface area contributed by atoms with Crippen molar-refractivity contribution in [2.75, 3.05) is 6.54 Å². The van der Waals surface area contributed by atoms with E-state index in [1.807, 2.05) is 13.8 Å². The van der Waals surface area contributed by atoms with E-state index in [2.05, 4.69) is 19.2 Å². The summed E-state index contributed by atoms with van der Waals surface area (Å²) in [5, 5.41) is 2.99. The number of nitrogens with one attached hydrogen (secondary N) is 1. The first-order valence-electron chi connectivity index (χ1n) is 5.30. The predicted molar refractivity (Wildman–Crippen MR) is 54.3 cm³/mol. The highest BCUT2D eigenvalue weighted by Gasteiger charge is 2.38. The molecule has 76 valence electrons. The standard InChI is InChI=1S/C11H21NO/c1-7(2)10-5-9(10)6-12-11(13)8(3)4/h7-10H,5-6H2,1-4H3,(H,12,13). The minimum absolute atomic E-state index is 0.122. The maximum atomic E-state index is 11.2. The average molecular weight is 183 g/mol. The summed E-state index contributed by atoms with van der Waals surface area (Å²) >= 11 is 0. The van der Waals surface area contributed by atoms with Gasteiger partial charge in [0, 0.05) is 12.5 Å². The normalized spacial score (nSPS) is 26.6. The molecule has 1 rings (SSSR count). The first-order chi connectivity index (χ1) is 6.02. The van der Waals surface area contributed by atoms with E-state index in [1.165, 1.54) is 6.42 Å². The van der Waals surface area contributed by atoms with Gasteiger partial charge >= 0.3 is 0 Å². The molecule has 2 atom stereocenters. The van der Waals surface area contributed by atoms with Crippen LogP contribution in [0.3, 0.4) is 0 Å². The number of rotatable bonds is 4. The van der Waals surface area contributed by atoms with E-state index in [9.17, 15) is 4.79 Å². The van der Waals surface area contributed by atoms with Gasteiger partial charge in [0.15, 0.2) is 0 Å². The van der Waals surface area contributed by atoms with Gasteiger partial charge in [0.05, 0.1) is 0 Å². The molecule has 0 heterocycles. The molecule has 1 aliphatic rings. The molecule has 0 aromatic heterocycles. The topological polar surface area (TPSA) is 29.1 Å². The molecule has 0 spiro atoms. The van der Waals surface area contributed by atoms with E-state index in [1.54, 1.807) is 0 Å². The zero-order valence-electron chi connectivity index (χ0n) is 9.13. The molecule has 2 unspecified atom stereocenters. The average Bonchev–Trinajstić information content (AvgIpc) is 2.78. The molecule has 0 radical (unpaired) electrons. The molecule has 1 N–H and O–H groups in total. The van der Waals surface area contributed by atoms with Gasteiger partial charge in [-0.25, -0.2) is 0 Å². The van der Waals surface area contributed by atoms with Crippen LogP contribution in [0.4, 0.5) is 0 Å². The smallest absolute Gasteiger partial charge is 0.222 e. The number of carbonyl (C=O) groups is 1. The lowest BCUT2D eigenvalue weighted by molar-refractivity contribution is -0.124. The summed E-state index contributed by atoms with van der Waals surface area (Å²) in [6, 6.07) is 0. The van der Waals surface area contributed by atoms with Crippen LogP contribution in [0.5, 0.6) is 0 Å². The molecule has 0 aliphatic heterocycles. The summed E-state index contributed by atoms with van der Waals surface area (Å²) < 4.78 is 0. The molecule has 13 heavy (non-hydrogen) atoms. The Hall–Kier alpha value is -0.530. The van der Waals surface area contributed by atoms with Gasteiger partial charge < -0.3 is 5.32 Å². The van der Waals surface area contributed by atoms with Crippen molar-refractivity contribution in [2.24, 2.45) is 23.7 Å². The lowest BCUT2D eigenvalue weighted by atomic mass is 10.1. The lowest BCUT2D eigenvalue weighted by Crippen LogP contribution is -2.29. The van der Waals surface area contributed by atoms with E-state index in [4.69, 9.17) is 0 Å². The van der Waals surface area contributed by atoms with Crippen molar-refractivity contribution in [1.29, 1.82) is 0 Å². The molecular formula is C11H21NO. The van der Waals surface area contributed by atoms with Crippen LogP contribution in [0.15, 0.2) is 0 Å². The summed E-state index contributed by atoms with van der Waals surface area (Å²) in [4.78, 5) is 11.2. The van der Waals surface area contributed by atoms with Crippen molar-refractivity contribution in [3.05, 3.63) is 0 Å². The van der Waals surface area contributed by atoms with Gasteiger partial charge in [-0.15, -0.1) is 0 Å². The van der Waals surface area contributed by atoms with Crippen LogP contribution in [0, 0.1) is 23.7 Å². The Bertz CT molecular complexity index is 187. The fourth-order valence-electron chi connectivity index (χ4n) is 1.76. The highest BCUT2D eigenvalue weighted by atomic mass is 16.1. The van der Waals surface area contributed by atoms with E-state index >= 15 is 0 Å². The second kappa shape index (κ2) is 4.12. The Morgan fingerprint density at radius 3 is 2.38 bits per heavy atom. The first kappa shape index (κ1) is 10.6. The summed E-state index contributed by atoms with van der Waals surface area (Å²) in [6.45, 7) is 9.27. The van der Waals surface area contributed by atoms with Crippen LogP contribution in [-0.4, -0.2) is 12.5 Å². The fraction of sp³-hybridized carbons (Fsp3) is 0.909. The van der Waals surface area contributed by atoms with Gasteiger partial charge in [-0.2, -0.15) is 0 Å². The van der Waals surface area contributed by atoms with Crippen molar-refractivity contribution in [1.82, 2.24) is 5.32 Å². The minimum atomic E-state index is 0.122.